The van der Waals surface area contributed by atoms with Crippen LogP contribution in [0.2, 0.25) is 5.15 Å². The Morgan fingerprint density at radius 1 is 1.33 bits per heavy atom. The van der Waals surface area contributed by atoms with Gasteiger partial charge in [-0.25, -0.2) is 9.07 Å². The Hall–Kier alpha value is -1.88. The Morgan fingerprint density at radius 3 is 2.62 bits per heavy atom. The van der Waals surface area contributed by atoms with E-state index in [2.05, 4.69) is 17.3 Å². The molecule has 0 saturated carbocycles. The van der Waals surface area contributed by atoms with E-state index in [9.17, 15) is 9.18 Å². The van der Waals surface area contributed by atoms with Crippen LogP contribution in [0, 0.1) is 12.7 Å². The molecule has 130 valence electrons. The van der Waals surface area contributed by atoms with Crippen molar-refractivity contribution in [2.75, 3.05) is 0 Å². The first-order valence-corrected chi connectivity index (χ1v) is 8.63. The van der Waals surface area contributed by atoms with Crippen LogP contribution in [0.4, 0.5) is 4.39 Å². The molecule has 1 N–H and O–H groups in total. The molecular formula is C18H23ClFN3O. The quantitative estimate of drug-likeness (QED) is 0.737. The predicted molar refractivity (Wildman–Crippen MR) is 94.3 cm³/mol. The monoisotopic (exact) mass is 351 g/mol. The van der Waals surface area contributed by atoms with Gasteiger partial charge in [-0.2, -0.15) is 5.10 Å². The van der Waals surface area contributed by atoms with Crippen molar-refractivity contribution in [1.82, 2.24) is 15.1 Å². The number of halogens is 2. The van der Waals surface area contributed by atoms with E-state index in [1.165, 1.54) is 16.8 Å². The fourth-order valence-corrected chi connectivity index (χ4v) is 2.94. The average Bonchev–Trinajstić information content (AvgIpc) is 2.83. The van der Waals surface area contributed by atoms with Crippen molar-refractivity contribution in [3.63, 3.8) is 0 Å². The second-order valence-electron chi connectivity index (χ2n) is 6.01. The lowest BCUT2D eigenvalue weighted by molar-refractivity contribution is 0.0937. The first-order chi connectivity index (χ1) is 11.4. The summed E-state index contributed by atoms with van der Waals surface area (Å²) in [5, 5.41) is 7.52. The minimum absolute atomic E-state index is 0.0775. The number of rotatable bonds is 7. The highest BCUT2D eigenvalue weighted by molar-refractivity contribution is 6.33. The molecule has 0 bridgehead atoms. The van der Waals surface area contributed by atoms with Gasteiger partial charge in [0, 0.05) is 6.04 Å². The number of aryl methyl sites for hydroxylation is 1. The van der Waals surface area contributed by atoms with Crippen LogP contribution in [0.3, 0.4) is 0 Å². The molecule has 0 saturated heterocycles. The molecule has 4 nitrogen and oxygen atoms in total. The molecule has 0 fully saturated rings. The zero-order chi connectivity index (χ0) is 17.7. The molecule has 6 heteroatoms. The highest BCUT2D eigenvalue weighted by Crippen LogP contribution is 2.24. The number of amides is 1. The normalized spacial score (nSPS) is 12.2. The van der Waals surface area contributed by atoms with Gasteiger partial charge in [0.2, 0.25) is 0 Å². The summed E-state index contributed by atoms with van der Waals surface area (Å²) in [6, 6.07) is 5.88. The molecule has 0 aliphatic heterocycles. The lowest BCUT2D eigenvalue weighted by Crippen LogP contribution is -2.32. The maximum absolute atomic E-state index is 13.1. The van der Waals surface area contributed by atoms with Crippen LogP contribution >= 0.6 is 11.6 Å². The Kier molecular flexibility index (Phi) is 6.37. The van der Waals surface area contributed by atoms with Crippen LogP contribution in [-0.4, -0.2) is 21.7 Å². The summed E-state index contributed by atoms with van der Waals surface area (Å²) in [5.74, 6) is -0.563. The van der Waals surface area contributed by atoms with Gasteiger partial charge in [-0.15, -0.1) is 0 Å². The molecule has 0 radical (unpaired) electrons. The summed E-state index contributed by atoms with van der Waals surface area (Å²) in [7, 11) is 0. The van der Waals surface area contributed by atoms with Crippen molar-refractivity contribution in [2.24, 2.45) is 0 Å². The molecular weight excluding hydrogens is 329 g/mol. The van der Waals surface area contributed by atoms with E-state index in [1.807, 2.05) is 6.92 Å². The van der Waals surface area contributed by atoms with Gasteiger partial charge in [-0.1, -0.05) is 37.8 Å². The Morgan fingerprint density at radius 2 is 2.00 bits per heavy atom. The standard InChI is InChI=1S/C18H23ClFN3O/c1-4-5-6-7-12(2)21-18(24)16-13(3)22-23(17(16)19)15-10-8-14(20)9-11-15/h8-12H,4-7H2,1-3H3,(H,21,24). The third-order valence-electron chi connectivity index (χ3n) is 3.92. The fraction of sp³-hybridized carbons (Fsp3) is 0.444. The number of unbranched alkanes of at least 4 members (excludes halogenated alkanes) is 2. The van der Waals surface area contributed by atoms with E-state index in [1.54, 1.807) is 19.1 Å². The Labute approximate surface area is 147 Å². The number of nitrogens with one attached hydrogen (secondary N) is 1. The van der Waals surface area contributed by atoms with Crippen LogP contribution in [0.5, 0.6) is 0 Å². The smallest absolute Gasteiger partial charge is 0.256 e. The number of carbonyl (C=O) groups excluding carboxylic acids is 1. The van der Waals surface area contributed by atoms with E-state index in [0.29, 0.717) is 16.9 Å². The maximum Gasteiger partial charge on any atom is 0.256 e. The molecule has 2 aromatic rings. The molecule has 1 aromatic heterocycles. The van der Waals surface area contributed by atoms with Gasteiger partial charge in [0.1, 0.15) is 11.0 Å². The van der Waals surface area contributed by atoms with Crippen LogP contribution in [0.1, 0.15) is 55.6 Å². The molecule has 1 aromatic carbocycles. The van der Waals surface area contributed by atoms with Gasteiger partial charge in [-0.05, 0) is 44.5 Å². The largest absolute Gasteiger partial charge is 0.349 e. The third kappa shape index (κ3) is 4.35. The summed E-state index contributed by atoms with van der Waals surface area (Å²) in [6.07, 6.45) is 4.32. The minimum atomic E-state index is -0.336. The molecule has 0 aliphatic carbocycles. The molecule has 0 aliphatic rings. The van der Waals surface area contributed by atoms with Crippen LogP contribution in [0.15, 0.2) is 24.3 Å². The third-order valence-corrected chi connectivity index (χ3v) is 4.27. The SMILES string of the molecule is CCCCCC(C)NC(=O)c1c(C)nn(-c2ccc(F)cc2)c1Cl. The Bertz CT molecular complexity index is 697. The minimum Gasteiger partial charge on any atom is -0.349 e. The molecule has 24 heavy (non-hydrogen) atoms. The van der Waals surface area contributed by atoms with Crippen LogP contribution < -0.4 is 5.32 Å². The van der Waals surface area contributed by atoms with Gasteiger partial charge in [0.15, 0.2) is 0 Å². The lowest BCUT2D eigenvalue weighted by Gasteiger charge is -2.13. The molecule has 1 atom stereocenters. The van der Waals surface area contributed by atoms with E-state index in [4.69, 9.17) is 11.6 Å². The molecule has 0 spiro atoms. The van der Waals surface area contributed by atoms with Crippen molar-refractivity contribution in [3.8, 4) is 5.69 Å². The second kappa shape index (κ2) is 8.29. The van der Waals surface area contributed by atoms with Crippen molar-refractivity contribution in [3.05, 3.63) is 46.5 Å². The topological polar surface area (TPSA) is 46.9 Å². The zero-order valence-electron chi connectivity index (χ0n) is 14.3. The van der Waals surface area contributed by atoms with E-state index in [-0.39, 0.29) is 22.9 Å². The average molecular weight is 352 g/mol. The summed E-state index contributed by atoms with van der Waals surface area (Å²) in [5.41, 5.74) is 1.52. The van der Waals surface area contributed by atoms with E-state index >= 15 is 0 Å². The van der Waals surface area contributed by atoms with Gasteiger partial charge >= 0.3 is 0 Å². The number of hydrogen-bond acceptors (Lipinski definition) is 2. The van der Waals surface area contributed by atoms with E-state index < -0.39 is 0 Å². The highest BCUT2D eigenvalue weighted by Gasteiger charge is 2.22. The molecule has 1 heterocycles. The van der Waals surface area contributed by atoms with Gasteiger partial charge in [0.05, 0.1) is 16.9 Å². The first-order valence-electron chi connectivity index (χ1n) is 8.26. The molecule has 1 amide bonds. The van der Waals surface area contributed by atoms with Gasteiger partial charge in [0.25, 0.3) is 5.91 Å². The second-order valence-corrected chi connectivity index (χ2v) is 6.37. The highest BCUT2D eigenvalue weighted by atomic mass is 35.5. The van der Waals surface area contributed by atoms with Crippen molar-refractivity contribution < 1.29 is 9.18 Å². The van der Waals surface area contributed by atoms with Crippen LogP contribution in [-0.2, 0) is 0 Å². The van der Waals surface area contributed by atoms with Crippen LogP contribution in [0.25, 0.3) is 5.69 Å². The Balaban J connectivity index is 2.16. The molecule has 1 unspecified atom stereocenters. The fourth-order valence-electron chi connectivity index (χ4n) is 2.58. The lowest BCUT2D eigenvalue weighted by atomic mass is 10.1. The predicted octanol–water partition coefficient (Wildman–Crippen LogP) is 4.67. The number of carbonyl (C=O) groups is 1. The number of hydrogen-bond donors (Lipinski definition) is 1. The zero-order valence-corrected chi connectivity index (χ0v) is 15.0. The number of aromatic nitrogens is 2. The van der Waals surface area contributed by atoms with Gasteiger partial charge < -0.3 is 5.32 Å². The van der Waals surface area contributed by atoms with Gasteiger partial charge in [-0.3, -0.25) is 4.79 Å². The molecule has 2 rings (SSSR count). The summed E-state index contributed by atoms with van der Waals surface area (Å²) in [6.45, 7) is 5.87. The van der Waals surface area contributed by atoms with Crippen molar-refractivity contribution in [1.29, 1.82) is 0 Å². The summed E-state index contributed by atoms with van der Waals surface area (Å²) >= 11 is 6.35. The van der Waals surface area contributed by atoms with E-state index in [0.717, 1.165) is 25.7 Å². The number of nitrogens with zero attached hydrogens (tertiary/aromatic N) is 2. The van der Waals surface area contributed by atoms with Crippen molar-refractivity contribution >= 4 is 17.5 Å². The number of benzene rings is 1. The maximum atomic E-state index is 13.1. The summed E-state index contributed by atoms with van der Waals surface area (Å²) in [4.78, 5) is 12.5. The van der Waals surface area contributed by atoms with Crippen molar-refractivity contribution in [2.45, 2.75) is 52.5 Å². The first kappa shape index (κ1) is 18.5. The summed E-state index contributed by atoms with van der Waals surface area (Å²) < 4.78 is 14.5.